The number of alkyl halides is 1. The van der Waals surface area contributed by atoms with E-state index in [9.17, 15) is 4.39 Å². The topological polar surface area (TPSA) is 9.23 Å². The number of benzene rings is 1. The van der Waals surface area contributed by atoms with Crippen LogP contribution in [0.2, 0.25) is 0 Å². The van der Waals surface area contributed by atoms with Crippen molar-refractivity contribution in [3.05, 3.63) is 42.5 Å². The van der Waals surface area contributed by atoms with Crippen LogP contribution in [0, 0.1) is 5.92 Å². The highest BCUT2D eigenvalue weighted by Crippen LogP contribution is 2.38. The maximum absolute atomic E-state index is 14.0. The molecule has 1 aromatic carbocycles. The van der Waals surface area contributed by atoms with E-state index in [1.807, 2.05) is 12.1 Å². The van der Waals surface area contributed by atoms with Gasteiger partial charge < -0.3 is 4.74 Å². The molecule has 1 fully saturated rings. The Balaban J connectivity index is 1.80. The van der Waals surface area contributed by atoms with Gasteiger partial charge in [-0.05, 0) is 49.3 Å². The summed E-state index contributed by atoms with van der Waals surface area (Å²) in [4.78, 5) is 0. The molecule has 22 heavy (non-hydrogen) atoms. The number of halogens is 1. The first-order valence-corrected chi connectivity index (χ1v) is 8.74. The summed E-state index contributed by atoms with van der Waals surface area (Å²) in [5, 5.41) is 0. The third-order valence-electron chi connectivity index (χ3n) is 4.74. The standard InChI is InChI=1S/C20H29FO/c1-3-5-6-7-14-22-19-12-10-17(11-13-19)18-9-8-16(4-2)20(21)15-18/h4,10-13,16,18,20H,2-3,5-9,14-15H2,1H3. The average Bonchev–Trinajstić information content (AvgIpc) is 2.55. The highest BCUT2D eigenvalue weighted by molar-refractivity contribution is 5.30. The molecule has 0 heterocycles. The minimum atomic E-state index is -0.745. The maximum atomic E-state index is 14.0. The number of hydrogen-bond donors (Lipinski definition) is 0. The zero-order valence-corrected chi connectivity index (χ0v) is 13.8. The van der Waals surface area contributed by atoms with Crippen molar-refractivity contribution in [1.29, 1.82) is 0 Å². The zero-order valence-electron chi connectivity index (χ0n) is 13.8. The smallest absolute Gasteiger partial charge is 0.119 e. The Morgan fingerprint density at radius 2 is 1.95 bits per heavy atom. The molecule has 1 nitrogen and oxygen atoms in total. The van der Waals surface area contributed by atoms with Gasteiger partial charge in [0.2, 0.25) is 0 Å². The summed E-state index contributed by atoms with van der Waals surface area (Å²) in [6, 6.07) is 8.27. The third kappa shape index (κ3) is 4.86. The lowest BCUT2D eigenvalue weighted by Gasteiger charge is -2.30. The molecule has 0 amide bonds. The van der Waals surface area contributed by atoms with Crippen LogP contribution >= 0.6 is 0 Å². The zero-order chi connectivity index (χ0) is 15.8. The van der Waals surface area contributed by atoms with Crippen LogP contribution in [0.5, 0.6) is 5.75 Å². The summed E-state index contributed by atoms with van der Waals surface area (Å²) in [6.45, 7) is 6.74. The van der Waals surface area contributed by atoms with Crippen LogP contribution in [-0.2, 0) is 0 Å². The second kappa shape index (κ2) is 8.97. The highest BCUT2D eigenvalue weighted by Gasteiger charge is 2.29. The Bertz CT molecular complexity index is 440. The molecule has 0 aliphatic heterocycles. The quantitative estimate of drug-likeness (QED) is 0.419. The lowest BCUT2D eigenvalue weighted by atomic mass is 9.77. The Hall–Kier alpha value is -1.31. The summed E-state index contributed by atoms with van der Waals surface area (Å²) in [5.41, 5.74) is 1.24. The van der Waals surface area contributed by atoms with E-state index in [4.69, 9.17) is 4.74 Å². The summed E-state index contributed by atoms with van der Waals surface area (Å²) in [7, 11) is 0. The molecule has 1 aliphatic carbocycles. The van der Waals surface area contributed by atoms with Crippen LogP contribution in [0.4, 0.5) is 4.39 Å². The maximum Gasteiger partial charge on any atom is 0.119 e. The van der Waals surface area contributed by atoms with Gasteiger partial charge in [0, 0.05) is 5.92 Å². The fraction of sp³-hybridized carbons (Fsp3) is 0.600. The van der Waals surface area contributed by atoms with Gasteiger partial charge in [-0.1, -0.05) is 44.4 Å². The molecule has 3 atom stereocenters. The molecule has 1 aromatic rings. The fourth-order valence-corrected chi connectivity index (χ4v) is 3.26. The second-order valence-electron chi connectivity index (χ2n) is 6.40. The van der Waals surface area contributed by atoms with Crippen LogP contribution in [0.15, 0.2) is 36.9 Å². The first kappa shape index (κ1) is 17.1. The van der Waals surface area contributed by atoms with Crippen LogP contribution in [0.1, 0.15) is 63.4 Å². The number of rotatable bonds is 8. The van der Waals surface area contributed by atoms with Crippen molar-refractivity contribution in [1.82, 2.24) is 0 Å². The molecule has 0 N–H and O–H groups in total. The predicted molar refractivity (Wildman–Crippen MR) is 91.3 cm³/mol. The van der Waals surface area contributed by atoms with Crippen LogP contribution < -0.4 is 4.74 Å². The van der Waals surface area contributed by atoms with Crippen LogP contribution in [-0.4, -0.2) is 12.8 Å². The molecule has 0 aromatic heterocycles. The largest absolute Gasteiger partial charge is 0.494 e. The van der Waals surface area contributed by atoms with Crippen molar-refractivity contribution in [3.8, 4) is 5.75 Å². The van der Waals surface area contributed by atoms with E-state index in [2.05, 4.69) is 25.6 Å². The minimum Gasteiger partial charge on any atom is -0.494 e. The van der Waals surface area contributed by atoms with Crippen LogP contribution in [0.25, 0.3) is 0 Å². The van der Waals surface area contributed by atoms with Crippen molar-refractivity contribution < 1.29 is 9.13 Å². The first-order valence-electron chi connectivity index (χ1n) is 8.74. The molecule has 2 heteroatoms. The molecule has 0 bridgehead atoms. The predicted octanol–water partition coefficient (Wildman–Crippen LogP) is 6.05. The van der Waals surface area contributed by atoms with Gasteiger partial charge >= 0.3 is 0 Å². The van der Waals surface area contributed by atoms with Gasteiger partial charge in [0.15, 0.2) is 0 Å². The summed E-state index contributed by atoms with van der Waals surface area (Å²) in [5.74, 6) is 1.31. The van der Waals surface area contributed by atoms with E-state index >= 15 is 0 Å². The normalized spacial score (nSPS) is 24.9. The van der Waals surface area contributed by atoms with Gasteiger partial charge in [0.05, 0.1) is 6.61 Å². The van der Waals surface area contributed by atoms with Crippen molar-refractivity contribution in [2.45, 2.75) is 64.0 Å². The second-order valence-corrected chi connectivity index (χ2v) is 6.40. The van der Waals surface area contributed by atoms with Crippen LogP contribution in [0.3, 0.4) is 0 Å². The molecule has 0 saturated heterocycles. The summed E-state index contributed by atoms with van der Waals surface area (Å²) >= 11 is 0. The molecular weight excluding hydrogens is 275 g/mol. The molecule has 122 valence electrons. The third-order valence-corrected chi connectivity index (χ3v) is 4.74. The van der Waals surface area contributed by atoms with Crippen molar-refractivity contribution in [2.75, 3.05) is 6.61 Å². The Morgan fingerprint density at radius 3 is 2.59 bits per heavy atom. The van der Waals surface area contributed by atoms with Gasteiger partial charge in [-0.15, -0.1) is 6.58 Å². The van der Waals surface area contributed by atoms with E-state index in [1.165, 1.54) is 24.8 Å². The SMILES string of the molecule is C=CC1CCC(c2ccc(OCCCCCC)cc2)CC1F. The first-order chi connectivity index (χ1) is 10.7. The summed E-state index contributed by atoms with van der Waals surface area (Å²) < 4.78 is 19.8. The van der Waals surface area contributed by atoms with Crippen molar-refractivity contribution in [3.63, 3.8) is 0 Å². The van der Waals surface area contributed by atoms with E-state index in [0.717, 1.165) is 31.6 Å². The van der Waals surface area contributed by atoms with Gasteiger partial charge in [-0.25, -0.2) is 4.39 Å². The summed E-state index contributed by atoms with van der Waals surface area (Å²) in [6.07, 6.45) is 8.48. The Kier molecular flexibility index (Phi) is 6.95. The van der Waals surface area contributed by atoms with Gasteiger partial charge in [0.25, 0.3) is 0 Å². The number of ether oxygens (including phenoxy) is 1. The van der Waals surface area contributed by atoms with Gasteiger partial charge in [0.1, 0.15) is 11.9 Å². The molecule has 1 aliphatic rings. The average molecular weight is 304 g/mol. The van der Waals surface area contributed by atoms with E-state index < -0.39 is 6.17 Å². The Labute approximate surface area is 134 Å². The molecule has 2 rings (SSSR count). The monoisotopic (exact) mass is 304 g/mol. The Morgan fingerprint density at radius 1 is 1.18 bits per heavy atom. The molecule has 3 unspecified atom stereocenters. The number of allylic oxidation sites excluding steroid dienone is 1. The lowest BCUT2D eigenvalue weighted by molar-refractivity contribution is 0.182. The van der Waals surface area contributed by atoms with E-state index in [0.29, 0.717) is 12.3 Å². The fourth-order valence-electron chi connectivity index (χ4n) is 3.26. The van der Waals surface area contributed by atoms with Gasteiger partial charge in [-0.2, -0.15) is 0 Å². The van der Waals surface area contributed by atoms with Gasteiger partial charge in [-0.3, -0.25) is 0 Å². The van der Waals surface area contributed by atoms with E-state index in [1.54, 1.807) is 6.08 Å². The number of unbranched alkanes of at least 4 members (excludes halogenated alkanes) is 3. The molecule has 0 spiro atoms. The van der Waals surface area contributed by atoms with Crippen molar-refractivity contribution >= 4 is 0 Å². The molecular formula is C20H29FO. The highest BCUT2D eigenvalue weighted by atomic mass is 19.1. The molecule has 1 saturated carbocycles. The number of hydrogen-bond acceptors (Lipinski definition) is 1. The minimum absolute atomic E-state index is 0.0435. The van der Waals surface area contributed by atoms with E-state index in [-0.39, 0.29) is 5.92 Å². The lowest BCUT2D eigenvalue weighted by Crippen LogP contribution is -2.23. The molecule has 0 radical (unpaired) electrons. The van der Waals surface area contributed by atoms with Crippen molar-refractivity contribution in [2.24, 2.45) is 5.92 Å².